The van der Waals surface area contributed by atoms with Gasteiger partial charge in [0, 0.05) is 53.9 Å². The van der Waals surface area contributed by atoms with E-state index < -0.39 is 0 Å². The molecule has 2 aromatic carbocycles. The number of piperazine rings is 1. The minimum Gasteiger partial charge on any atom is -0.368 e. The van der Waals surface area contributed by atoms with Gasteiger partial charge in [0.2, 0.25) is 5.91 Å². The highest BCUT2D eigenvalue weighted by molar-refractivity contribution is 8.01. The van der Waals surface area contributed by atoms with Crippen LogP contribution < -0.4 is 10.2 Å². The number of rotatable bonds is 6. The van der Waals surface area contributed by atoms with Gasteiger partial charge in [-0.2, -0.15) is 0 Å². The summed E-state index contributed by atoms with van der Waals surface area (Å²) in [5.74, 6) is 0.373. The molecular formula is C26H30N4O2S2. The van der Waals surface area contributed by atoms with Crippen LogP contribution in [0.15, 0.2) is 64.3 Å². The van der Waals surface area contributed by atoms with Crippen molar-refractivity contribution in [3.8, 4) is 0 Å². The second-order valence-electron chi connectivity index (χ2n) is 9.28. The van der Waals surface area contributed by atoms with Gasteiger partial charge in [0.05, 0.1) is 11.4 Å². The van der Waals surface area contributed by atoms with Gasteiger partial charge in [-0.1, -0.05) is 50.7 Å². The van der Waals surface area contributed by atoms with Crippen LogP contribution >= 0.6 is 23.1 Å². The number of anilines is 2. The van der Waals surface area contributed by atoms with Crippen molar-refractivity contribution < 1.29 is 9.59 Å². The maximum atomic E-state index is 12.6. The molecule has 34 heavy (non-hydrogen) atoms. The van der Waals surface area contributed by atoms with Crippen LogP contribution in [-0.4, -0.2) is 53.6 Å². The van der Waals surface area contributed by atoms with Crippen molar-refractivity contribution in [2.24, 2.45) is 0 Å². The molecule has 0 spiro atoms. The summed E-state index contributed by atoms with van der Waals surface area (Å²) in [7, 11) is 0. The number of benzene rings is 2. The Kier molecular flexibility index (Phi) is 7.58. The monoisotopic (exact) mass is 494 g/mol. The zero-order valence-corrected chi connectivity index (χ0v) is 21.4. The smallest absolute Gasteiger partial charge is 0.253 e. The number of hydrogen-bond acceptors (Lipinski definition) is 6. The van der Waals surface area contributed by atoms with Gasteiger partial charge in [-0.25, -0.2) is 4.98 Å². The lowest BCUT2D eigenvalue weighted by Gasteiger charge is -2.36. The second kappa shape index (κ2) is 10.6. The highest BCUT2D eigenvalue weighted by Gasteiger charge is 2.22. The molecule has 0 bridgehead atoms. The number of amides is 2. The minimum atomic E-state index is -0.0432. The Morgan fingerprint density at radius 2 is 1.68 bits per heavy atom. The molecule has 1 aliphatic heterocycles. The number of thiazole rings is 1. The normalized spacial score (nSPS) is 14.2. The largest absolute Gasteiger partial charge is 0.368 e. The molecule has 0 saturated carbocycles. The lowest BCUT2D eigenvalue weighted by Crippen LogP contribution is -2.48. The SMILES string of the molecule is CC(C)(C)c1csc(SCC(=O)Nc2ccc(N3CCN(C(=O)c4ccccc4)CC3)cc2)n1. The summed E-state index contributed by atoms with van der Waals surface area (Å²) in [6.45, 7) is 9.36. The highest BCUT2D eigenvalue weighted by atomic mass is 32.2. The fourth-order valence-electron chi connectivity index (χ4n) is 3.68. The van der Waals surface area contributed by atoms with E-state index in [1.807, 2.05) is 59.5 Å². The first kappa shape index (κ1) is 24.3. The quantitative estimate of drug-likeness (QED) is 0.481. The average molecular weight is 495 g/mol. The van der Waals surface area contributed by atoms with Crippen molar-refractivity contribution in [1.29, 1.82) is 0 Å². The van der Waals surface area contributed by atoms with E-state index in [4.69, 9.17) is 0 Å². The topological polar surface area (TPSA) is 65.5 Å². The van der Waals surface area contributed by atoms with E-state index in [9.17, 15) is 9.59 Å². The molecule has 2 heterocycles. The molecule has 1 aromatic heterocycles. The van der Waals surface area contributed by atoms with Gasteiger partial charge in [0.25, 0.3) is 5.91 Å². The van der Waals surface area contributed by atoms with Crippen LogP contribution in [0.25, 0.3) is 0 Å². The third-order valence-corrected chi connectivity index (χ3v) is 7.70. The van der Waals surface area contributed by atoms with Gasteiger partial charge < -0.3 is 15.1 Å². The Morgan fingerprint density at radius 3 is 2.29 bits per heavy atom. The van der Waals surface area contributed by atoms with E-state index in [1.54, 1.807) is 11.3 Å². The van der Waals surface area contributed by atoms with Crippen molar-refractivity contribution in [3.63, 3.8) is 0 Å². The Bertz CT molecular complexity index is 1120. The van der Waals surface area contributed by atoms with Gasteiger partial charge in [-0.3, -0.25) is 9.59 Å². The number of thioether (sulfide) groups is 1. The first-order chi connectivity index (χ1) is 16.3. The Hall–Kier alpha value is -2.84. The zero-order chi connectivity index (χ0) is 24.1. The Balaban J connectivity index is 1.24. The van der Waals surface area contributed by atoms with Crippen LogP contribution in [0, 0.1) is 0 Å². The molecule has 3 aromatic rings. The van der Waals surface area contributed by atoms with E-state index in [0.717, 1.165) is 40.1 Å². The summed E-state index contributed by atoms with van der Waals surface area (Å²) in [5, 5.41) is 5.03. The van der Waals surface area contributed by atoms with Gasteiger partial charge in [-0.15, -0.1) is 11.3 Å². The molecule has 0 unspecified atom stereocenters. The number of carbonyl (C=O) groups is 2. The standard InChI is InChI=1S/C26H30N4O2S2/c1-26(2,3)22-17-33-25(28-22)34-18-23(31)27-20-9-11-21(12-10-20)29-13-15-30(16-14-29)24(32)19-7-5-4-6-8-19/h4-12,17H,13-16,18H2,1-3H3,(H,27,31). The first-order valence-corrected chi connectivity index (χ1v) is 13.2. The number of aromatic nitrogens is 1. The summed E-state index contributed by atoms with van der Waals surface area (Å²) in [6, 6.07) is 17.3. The fourth-order valence-corrected chi connectivity index (χ4v) is 5.53. The number of nitrogens with one attached hydrogen (secondary N) is 1. The Labute approximate surface area is 209 Å². The fraction of sp³-hybridized carbons (Fsp3) is 0.346. The van der Waals surface area contributed by atoms with E-state index in [2.05, 4.69) is 41.4 Å². The van der Waals surface area contributed by atoms with Crippen molar-refractivity contribution in [1.82, 2.24) is 9.88 Å². The van der Waals surface area contributed by atoms with Crippen LogP contribution in [0.1, 0.15) is 36.8 Å². The summed E-state index contributed by atoms with van der Waals surface area (Å²) in [5.41, 5.74) is 3.68. The summed E-state index contributed by atoms with van der Waals surface area (Å²) in [6.07, 6.45) is 0. The van der Waals surface area contributed by atoms with E-state index in [-0.39, 0.29) is 17.2 Å². The third-order valence-electron chi connectivity index (χ3n) is 5.68. The van der Waals surface area contributed by atoms with Gasteiger partial charge in [-0.05, 0) is 36.4 Å². The molecule has 178 valence electrons. The van der Waals surface area contributed by atoms with Gasteiger partial charge in [0.15, 0.2) is 4.34 Å². The minimum absolute atomic E-state index is 0.0172. The van der Waals surface area contributed by atoms with Gasteiger partial charge in [0.1, 0.15) is 0 Å². The van der Waals surface area contributed by atoms with Crippen LogP contribution in [-0.2, 0) is 10.2 Å². The molecule has 0 atom stereocenters. The molecule has 1 N–H and O–H groups in total. The highest BCUT2D eigenvalue weighted by Crippen LogP contribution is 2.29. The van der Waals surface area contributed by atoms with E-state index >= 15 is 0 Å². The molecule has 6 nitrogen and oxygen atoms in total. The predicted molar refractivity (Wildman–Crippen MR) is 141 cm³/mol. The summed E-state index contributed by atoms with van der Waals surface area (Å²) in [4.78, 5) is 33.8. The average Bonchev–Trinajstić information content (AvgIpc) is 3.33. The number of hydrogen-bond donors (Lipinski definition) is 1. The number of nitrogens with zero attached hydrogens (tertiary/aromatic N) is 3. The summed E-state index contributed by atoms with van der Waals surface area (Å²) < 4.78 is 0.917. The van der Waals surface area contributed by atoms with E-state index in [1.165, 1.54) is 11.8 Å². The lowest BCUT2D eigenvalue weighted by atomic mass is 9.93. The maximum absolute atomic E-state index is 12.6. The van der Waals surface area contributed by atoms with Crippen molar-refractivity contribution in [2.45, 2.75) is 30.5 Å². The van der Waals surface area contributed by atoms with Gasteiger partial charge >= 0.3 is 0 Å². The van der Waals surface area contributed by atoms with Crippen LogP contribution in [0.3, 0.4) is 0 Å². The molecule has 2 amide bonds. The van der Waals surface area contributed by atoms with Crippen molar-refractivity contribution >= 4 is 46.3 Å². The van der Waals surface area contributed by atoms with Crippen molar-refractivity contribution in [2.75, 3.05) is 42.1 Å². The second-order valence-corrected chi connectivity index (χ2v) is 11.4. The van der Waals surface area contributed by atoms with Crippen LogP contribution in [0.4, 0.5) is 11.4 Å². The third kappa shape index (κ3) is 6.18. The molecule has 1 saturated heterocycles. The zero-order valence-electron chi connectivity index (χ0n) is 19.8. The molecule has 0 aliphatic carbocycles. The Morgan fingerprint density at radius 1 is 1.00 bits per heavy atom. The van der Waals surface area contributed by atoms with Crippen molar-refractivity contribution in [3.05, 3.63) is 71.2 Å². The van der Waals surface area contributed by atoms with Crippen LogP contribution in [0.5, 0.6) is 0 Å². The summed E-state index contributed by atoms with van der Waals surface area (Å²) >= 11 is 3.05. The molecule has 1 fully saturated rings. The molecule has 8 heteroatoms. The van der Waals surface area contributed by atoms with E-state index in [0.29, 0.717) is 18.8 Å². The molecule has 4 rings (SSSR count). The molecule has 0 radical (unpaired) electrons. The number of carbonyl (C=O) groups excluding carboxylic acids is 2. The predicted octanol–water partition coefficient (Wildman–Crippen LogP) is 5.13. The molecule has 1 aliphatic rings. The molecular weight excluding hydrogens is 464 g/mol. The van der Waals surface area contributed by atoms with Crippen LogP contribution in [0.2, 0.25) is 0 Å². The first-order valence-electron chi connectivity index (χ1n) is 11.4. The lowest BCUT2D eigenvalue weighted by molar-refractivity contribution is -0.113. The maximum Gasteiger partial charge on any atom is 0.253 e.